The third-order valence-electron chi connectivity index (χ3n) is 4.47. The van der Waals surface area contributed by atoms with Gasteiger partial charge in [-0.3, -0.25) is 9.59 Å². The van der Waals surface area contributed by atoms with Gasteiger partial charge in [0.2, 0.25) is 5.91 Å². The molecular weight excluding hydrogens is 315 g/mol. The zero-order chi connectivity index (χ0) is 17.9. The zero-order valence-corrected chi connectivity index (χ0v) is 13.8. The number of rotatable bonds is 5. The van der Waals surface area contributed by atoms with Crippen LogP contribution in [0, 0.1) is 11.2 Å². The molecular formula is C17H21FN2O4. The van der Waals surface area contributed by atoms with Crippen LogP contribution < -0.4 is 5.32 Å². The van der Waals surface area contributed by atoms with Gasteiger partial charge in [0.1, 0.15) is 5.82 Å². The minimum atomic E-state index is -1.26. The Hall–Kier alpha value is -2.44. The number of carboxylic acids is 1. The van der Waals surface area contributed by atoms with Gasteiger partial charge in [-0.2, -0.15) is 0 Å². The lowest BCUT2D eigenvalue weighted by Crippen LogP contribution is -2.46. The molecule has 1 fully saturated rings. The van der Waals surface area contributed by atoms with Crippen LogP contribution in [0.25, 0.3) is 0 Å². The van der Waals surface area contributed by atoms with Gasteiger partial charge in [0.15, 0.2) is 0 Å². The zero-order valence-electron chi connectivity index (χ0n) is 13.8. The summed E-state index contributed by atoms with van der Waals surface area (Å²) in [5, 5.41) is 11.5. The molecule has 0 radical (unpaired) electrons. The van der Waals surface area contributed by atoms with E-state index in [1.807, 2.05) is 0 Å². The fourth-order valence-electron chi connectivity index (χ4n) is 3.17. The molecule has 24 heavy (non-hydrogen) atoms. The molecule has 2 N–H and O–H groups in total. The summed E-state index contributed by atoms with van der Waals surface area (Å²) >= 11 is 0. The smallest absolute Gasteiger partial charge is 0.335 e. The van der Waals surface area contributed by atoms with Crippen LogP contribution >= 0.6 is 0 Å². The SMILES string of the molecule is CN(C)C(=O)C1(CNC(=O)c2ccc(C(=O)O)cc2F)CCCC1. The molecule has 1 aliphatic rings. The third kappa shape index (κ3) is 3.55. The largest absolute Gasteiger partial charge is 0.478 e. The maximum Gasteiger partial charge on any atom is 0.335 e. The number of carbonyl (C=O) groups is 3. The van der Waals surface area contributed by atoms with Crippen molar-refractivity contribution in [3.05, 3.63) is 35.1 Å². The molecule has 1 saturated carbocycles. The van der Waals surface area contributed by atoms with Crippen molar-refractivity contribution in [3.63, 3.8) is 0 Å². The summed E-state index contributed by atoms with van der Waals surface area (Å²) < 4.78 is 13.9. The van der Waals surface area contributed by atoms with Gasteiger partial charge in [0.05, 0.1) is 16.5 Å². The van der Waals surface area contributed by atoms with Crippen LogP contribution in [0.1, 0.15) is 46.4 Å². The van der Waals surface area contributed by atoms with Crippen molar-refractivity contribution in [2.24, 2.45) is 5.41 Å². The van der Waals surface area contributed by atoms with E-state index in [0.717, 1.165) is 25.0 Å². The molecule has 0 saturated heterocycles. The number of amides is 2. The topological polar surface area (TPSA) is 86.7 Å². The summed E-state index contributed by atoms with van der Waals surface area (Å²) in [6.07, 6.45) is 3.20. The second kappa shape index (κ2) is 6.98. The normalized spacial score (nSPS) is 15.8. The minimum Gasteiger partial charge on any atom is -0.478 e. The Bertz CT molecular complexity index is 667. The average molecular weight is 336 g/mol. The second-order valence-electron chi connectivity index (χ2n) is 6.37. The van der Waals surface area contributed by atoms with Crippen LogP contribution in [0.5, 0.6) is 0 Å². The minimum absolute atomic E-state index is 0.0398. The highest BCUT2D eigenvalue weighted by molar-refractivity contribution is 5.96. The van der Waals surface area contributed by atoms with Crippen molar-refractivity contribution in [2.75, 3.05) is 20.6 Å². The van der Waals surface area contributed by atoms with Crippen molar-refractivity contribution in [2.45, 2.75) is 25.7 Å². The Labute approximate surface area is 139 Å². The molecule has 0 unspecified atom stereocenters. The first-order chi connectivity index (χ1) is 11.3. The van der Waals surface area contributed by atoms with Gasteiger partial charge in [-0.05, 0) is 31.0 Å². The van der Waals surface area contributed by atoms with Crippen LogP contribution in [0.15, 0.2) is 18.2 Å². The lowest BCUT2D eigenvalue weighted by atomic mass is 9.84. The van der Waals surface area contributed by atoms with E-state index in [0.29, 0.717) is 12.8 Å². The highest BCUT2D eigenvalue weighted by Crippen LogP contribution is 2.39. The summed E-state index contributed by atoms with van der Waals surface area (Å²) in [7, 11) is 3.35. The number of carboxylic acid groups (broad SMARTS) is 1. The first-order valence-corrected chi connectivity index (χ1v) is 7.80. The molecule has 7 heteroatoms. The molecule has 0 aliphatic heterocycles. The molecule has 130 valence electrons. The molecule has 1 aliphatic carbocycles. The fraction of sp³-hybridized carbons (Fsp3) is 0.471. The average Bonchev–Trinajstić information content (AvgIpc) is 3.01. The molecule has 0 heterocycles. The van der Waals surface area contributed by atoms with E-state index in [2.05, 4.69) is 5.32 Å². The second-order valence-corrected chi connectivity index (χ2v) is 6.37. The number of benzene rings is 1. The molecule has 2 rings (SSSR count). The molecule has 6 nitrogen and oxygen atoms in total. The Morgan fingerprint density at radius 1 is 1.25 bits per heavy atom. The number of carbonyl (C=O) groups excluding carboxylic acids is 2. The Morgan fingerprint density at radius 3 is 2.38 bits per heavy atom. The summed E-state index contributed by atoms with van der Waals surface area (Å²) in [6.45, 7) is 0.142. The van der Waals surface area contributed by atoms with Crippen molar-refractivity contribution < 1.29 is 23.9 Å². The van der Waals surface area contributed by atoms with E-state index in [1.165, 1.54) is 11.0 Å². The molecule has 0 spiro atoms. The fourth-order valence-corrected chi connectivity index (χ4v) is 3.17. The summed E-state index contributed by atoms with van der Waals surface area (Å²) in [5.74, 6) is -2.85. The predicted octanol–water partition coefficient (Wildman–Crippen LogP) is 1.90. The van der Waals surface area contributed by atoms with Gasteiger partial charge in [0, 0.05) is 20.6 Å². The molecule has 2 amide bonds. The van der Waals surface area contributed by atoms with Crippen molar-refractivity contribution >= 4 is 17.8 Å². The number of nitrogens with zero attached hydrogens (tertiary/aromatic N) is 1. The van der Waals surface area contributed by atoms with E-state index < -0.39 is 23.1 Å². The highest BCUT2D eigenvalue weighted by atomic mass is 19.1. The third-order valence-corrected chi connectivity index (χ3v) is 4.47. The number of hydrogen-bond acceptors (Lipinski definition) is 3. The number of halogens is 1. The maximum atomic E-state index is 13.9. The van der Waals surface area contributed by atoms with Crippen LogP contribution in [0.3, 0.4) is 0 Å². The van der Waals surface area contributed by atoms with Crippen molar-refractivity contribution in [1.82, 2.24) is 10.2 Å². The lowest BCUT2D eigenvalue weighted by Gasteiger charge is -2.30. The van der Waals surface area contributed by atoms with Gasteiger partial charge in [-0.15, -0.1) is 0 Å². The molecule has 0 aromatic heterocycles. The lowest BCUT2D eigenvalue weighted by molar-refractivity contribution is -0.138. The van der Waals surface area contributed by atoms with Crippen LogP contribution in [-0.2, 0) is 4.79 Å². The predicted molar refractivity (Wildman–Crippen MR) is 85.3 cm³/mol. The van der Waals surface area contributed by atoms with Gasteiger partial charge in [0.25, 0.3) is 5.91 Å². The monoisotopic (exact) mass is 336 g/mol. The van der Waals surface area contributed by atoms with Gasteiger partial charge >= 0.3 is 5.97 Å². The molecule has 0 atom stereocenters. The van der Waals surface area contributed by atoms with E-state index in [1.54, 1.807) is 14.1 Å². The van der Waals surface area contributed by atoms with Crippen molar-refractivity contribution in [3.8, 4) is 0 Å². The Balaban J connectivity index is 2.12. The van der Waals surface area contributed by atoms with E-state index >= 15 is 0 Å². The number of aromatic carboxylic acids is 1. The Morgan fingerprint density at radius 2 is 1.88 bits per heavy atom. The summed E-state index contributed by atoms with van der Waals surface area (Å²) in [5.41, 5.74) is -1.10. The highest BCUT2D eigenvalue weighted by Gasteiger charge is 2.42. The number of hydrogen-bond donors (Lipinski definition) is 2. The van der Waals surface area contributed by atoms with E-state index in [9.17, 15) is 18.8 Å². The molecule has 1 aromatic carbocycles. The van der Waals surface area contributed by atoms with Crippen molar-refractivity contribution in [1.29, 1.82) is 0 Å². The van der Waals surface area contributed by atoms with Crippen LogP contribution in [-0.4, -0.2) is 48.4 Å². The first kappa shape index (κ1) is 17.9. The van der Waals surface area contributed by atoms with Gasteiger partial charge < -0.3 is 15.3 Å². The standard InChI is InChI=1S/C17H21FN2O4/c1-20(2)16(24)17(7-3-4-8-17)10-19-14(21)12-6-5-11(15(22)23)9-13(12)18/h5-6,9H,3-4,7-8,10H2,1-2H3,(H,19,21)(H,22,23). The first-order valence-electron chi connectivity index (χ1n) is 7.80. The number of nitrogens with one attached hydrogen (secondary N) is 1. The quantitative estimate of drug-likeness (QED) is 0.860. The van der Waals surface area contributed by atoms with Crippen LogP contribution in [0.2, 0.25) is 0 Å². The van der Waals surface area contributed by atoms with Gasteiger partial charge in [-0.25, -0.2) is 9.18 Å². The molecule has 0 bridgehead atoms. The maximum absolute atomic E-state index is 13.9. The van der Waals surface area contributed by atoms with Crippen LogP contribution in [0.4, 0.5) is 4.39 Å². The molecule has 1 aromatic rings. The summed E-state index contributed by atoms with van der Waals surface area (Å²) in [4.78, 5) is 37.0. The van der Waals surface area contributed by atoms with Gasteiger partial charge in [-0.1, -0.05) is 12.8 Å². The summed E-state index contributed by atoms with van der Waals surface area (Å²) in [6, 6.07) is 3.13. The van der Waals surface area contributed by atoms with E-state index in [-0.39, 0.29) is 23.6 Å². The Kier molecular flexibility index (Phi) is 5.21. The van der Waals surface area contributed by atoms with E-state index in [4.69, 9.17) is 5.11 Å².